The van der Waals surface area contributed by atoms with Crippen LogP contribution in [0.3, 0.4) is 0 Å². The topological polar surface area (TPSA) is 55.2 Å². The first kappa shape index (κ1) is 18.7. The van der Waals surface area contributed by atoms with E-state index in [0.29, 0.717) is 28.6 Å². The molecular formula is C20H25N3O2S. The number of allylic oxidation sites excluding steroid dienone is 1. The first-order chi connectivity index (χ1) is 12.6. The number of carbonyl (C=O) groups excluding carboxylic acids is 1. The van der Waals surface area contributed by atoms with Gasteiger partial charge in [-0.25, -0.2) is 4.98 Å². The molecule has 2 aromatic rings. The standard InChI is InChI=1S/C20H25N3O2S/c1-3-13-23-19(25)16-11-7-8-12-17(16)21-20(23)26-14-18(24)22(2)15-9-5-4-6-10-15/h3,7-8,11-12,15H,1,4-6,9-10,13-14H2,2H3. The molecule has 6 heteroatoms. The first-order valence-electron chi connectivity index (χ1n) is 9.10. The number of benzene rings is 1. The third kappa shape index (κ3) is 4.01. The van der Waals surface area contributed by atoms with Gasteiger partial charge in [-0.1, -0.05) is 49.2 Å². The van der Waals surface area contributed by atoms with Crippen LogP contribution in [0.25, 0.3) is 10.9 Å². The zero-order chi connectivity index (χ0) is 18.5. The van der Waals surface area contributed by atoms with Crippen LogP contribution in [0.1, 0.15) is 32.1 Å². The van der Waals surface area contributed by atoms with E-state index in [4.69, 9.17) is 0 Å². The number of para-hydroxylation sites is 1. The minimum atomic E-state index is -0.0916. The van der Waals surface area contributed by atoms with Gasteiger partial charge >= 0.3 is 0 Å². The number of carbonyl (C=O) groups is 1. The predicted octanol–water partition coefficient (Wildman–Crippen LogP) is 3.47. The zero-order valence-electron chi connectivity index (χ0n) is 15.2. The lowest BCUT2D eigenvalue weighted by molar-refractivity contribution is -0.129. The largest absolute Gasteiger partial charge is 0.342 e. The summed E-state index contributed by atoms with van der Waals surface area (Å²) >= 11 is 1.33. The Bertz CT molecular complexity index is 856. The van der Waals surface area contributed by atoms with Gasteiger partial charge in [-0.2, -0.15) is 0 Å². The van der Waals surface area contributed by atoms with Gasteiger partial charge in [-0.15, -0.1) is 6.58 Å². The molecule has 1 fully saturated rings. The van der Waals surface area contributed by atoms with E-state index < -0.39 is 0 Å². The van der Waals surface area contributed by atoms with Crippen molar-refractivity contribution in [1.82, 2.24) is 14.5 Å². The summed E-state index contributed by atoms with van der Waals surface area (Å²) in [6.45, 7) is 4.11. The number of thioether (sulfide) groups is 1. The molecule has 1 aromatic carbocycles. The van der Waals surface area contributed by atoms with Crippen molar-refractivity contribution in [2.45, 2.75) is 49.8 Å². The fourth-order valence-electron chi connectivity index (χ4n) is 3.45. The van der Waals surface area contributed by atoms with Crippen LogP contribution in [-0.2, 0) is 11.3 Å². The number of nitrogens with zero attached hydrogens (tertiary/aromatic N) is 3. The predicted molar refractivity (Wildman–Crippen MR) is 107 cm³/mol. The third-order valence-corrected chi connectivity index (χ3v) is 5.94. The van der Waals surface area contributed by atoms with Crippen LogP contribution in [0.4, 0.5) is 0 Å². The van der Waals surface area contributed by atoms with Gasteiger partial charge < -0.3 is 4.90 Å². The minimum Gasteiger partial charge on any atom is -0.342 e. The Balaban J connectivity index is 1.79. The maximum atomic E-state index is 12.7. The summed E-state index contributed by atoms with van der Waals surface area (Å²) in [4.78, 5) is 31.8. The van der Waals surface area contributed by atoms with Crippen molar-refractivity contribution in [2.24, 2.45) is 0 Å². The summed E-state index contributed by atoms with van der Waals surface area (Å²) in [6.07, 6.45) is 7.51. The fraction of sp³-hybridized carbons (Fsp3) is 0.450. The van der Waals surface area contributed by atoms with E-state index in [2.05, 4.69) is 11.6 Å². The average Bonchev–Trinajstić information content (AvgIpc) is 2.68. The number of rotatable bonds is 6. The number of hydrogen-bond acceptors (Lipinski definition) is 4. The van der Waals surface area contributed by atoms with Crippen molar-refractivity contribution in [1.29, 1.82) is 0 Å². The highest BCUT2D eigenvalue weighted by Crippen LogP contribution is 2.23. The monoisotopic (exact) mass is 371 g/mol. The van der Waals surface area contributed by atoms with Crippen LogP contribution in [0, 0.1) is 0 Å². The summed E-state index contributed by atoms with van der Waals surface area (Å²) in [6, 6.07) is 7.65. The van der Waals surface area contributed by atoms with Gasteiger partial charge in [-0.05, 0) is 25.0 Å². The van der Waals surface area contributed by atoms with Crippen LogP contribution < -0.4 is 5.56 Å². The quantitative estimate of drug-likeness (QED) is 0.443. The normalized spacial score (nSPS) is 15.1. The smallest absolute Gasteiger partial charge is 0.262 e. The van der Waals surface area contributed by atoms with Gasteiger partial charge in [-0.3, -0.25) is 14.2 Å². The van der Waals surface area contributed by atoms with Crippen molar-refractivity contribution >= 4 is 28.6 Å². The molecule has 0 unspecified atom stereocenters. The van der Waals surface area contributed by atoms with Crippen molar-refractivity contribution in [3.05, 3.63) is 47.3 Å². The molecule has 5 nitrogen and oxygen atoms in total. The first-order valence-corrected chi connectivity index (χ1v) is 10.1. The van der Waals surface area contributed by atoms with Crippen LogP contribution in [0.15, 0.2) is 46.9 Å². The average molecular weight is 372 g/mol. The second-order valence-electron chi connectivity index (χ2n) is 6.70. The number of hydrogen-bond donors (Lipinski definition) is 0. The molecule has 0 N–H and O–H groups in total. The molecule has 0 saturated heterocycles. The summed E-state index contributed by atoms with van der Waals surface area (Å²) in [5.74, 6) is 0.379. The molecule has 26 heavy (non-hydrogen) atoms. The molecule has 0 spiro atoms. The second-order valence-corrected chi connectivity index (χ2v) is 7.64. The Morgan fingerprint density at radius 1 is 1.35 bits per heavy atom. The number of fused-ring (bicyclic) bond motifs is 1. The van der Waals surface area contributed by atoms with Gasteiger partial charge in [0.25, 0.3) is 5.56 Å². The highest BCUT2D eigenvalue weighted by Gasteiger charge is 2.22. The van der Waals surface area contributed by atoms with E-state index in [1.807, 2.05) is 30.1 Å². The second kappa shape index (κ2) is 8.54. The molecular weight excluding hydrogens is 346 g/mol. The SMILES string of the molecule is C=CCn1c(SCC(=O)N(C)C2CCCCC2)nc2ccccc2c1=O. The summed E-state index contributed by atoms with van der Waals surface area (Å²) in [7, 11) is 1.89. The fourth-order valence-corrected chi connectivity index (χ4v) is 4.38. The molecule has 1 aliphatic rings. The van der Waals surface area contributed by atoms with E-state index in [1.165, 1.54) is 31.0 Å². The van der Waals surface area contributed by atoms with Crippen LogP contribution >= 0.6 is 11.8 Å². The van der Waals surface area contributed by atoms with E-state index in [1.54, 1.807) is 16.7 Å². The van der Waals surface area contributed by atoms with E-state index in [-0.39, 0.29) is 17.2 Å². The summed E-state index contributed by atoms with van der Waals surface area (Å²) in [5.41, 5.74) is 0.569. The zero-order valence-corrected chi connectivity index (χ0v) is 16.0. The summed E-state index contributed by atoms with van der Waals surface area (Å²) in [5, 5.41) is 1.16. The maximum Gasteiger partial charge on any atom is 0.262 e. The molecule has 0 radical (unpaired) electrons. The molecule has 1 saturated carbocycles. The number of aromatic nitrogens is 2. The van der Waals surface area contributed by atoms with Gasteiger partial charge in [0, 0.05) is 19.6 Å². The summed E-state index contributed by atoms with van der Waals surface area (Å²) < 4.78 is 1.59. The maximum absolute atomic E-state index is 12.7. The molecule has 1 amide bonds. The molecule has 1 heterocycles. The highest BCUT2D eigenvalue weighted by molar-refractivity contribution is 7.99. The van der Waals surface area contributed by atoms with Crippen LogP contribution in [0.2, 0.25) is 0 Å². The lowest BCUT2D eigenvalue weighted by atomic mass is 9.94. The minimum absolute atomic E-state index is 0.0916. The Kier molecular flexibility index (Phi) is 6.14. The Hall–Kier alpha value is -2.08. The Labute approximate surface area is 158 Å². The molecule has 138 valence electrons. The molecule has 1 aromatic heterocycles. The van der Waals surface area contributed by atoms with Crippen LogP contribution in [0.5, 0.6) is 0 Å². The van der Waals surface area contributed by atoms with Crippen molar-refractivity contribution in [2.75, 3.05) is 12.8 Å². The third-order valence-electron chi connectivity index (χ3n) is 4.98. The van der Waals surface area contributed by atoms with Gasteiger partial charge in [0.1, 0.15) is 0 Å². The van der Waals surface area contributed by atoms with Gasteiger partial charge in [0.2, 0.25) is 5.91 Å². The van der Waals surface area contributed by atoms with E-state index >= 15 is 0 Å². The lowest BCUT2D eigenvalue weighted by Gasteiger charge is -2.31. The highest BCUT2D eigenvalue weighted by atomic mass is 32.2. The molecule has 0 atom stereocenters. The van der Waals surface area contributed by atoms with Gasteiger partial charge in [0.15, 0.2) is 5.16 Å². The van der Waals surface area contributed by atoms with E-state index in [9.17, 15) is 9.59 Å². The molecule has 3 rings (SSSR count). The Morgan fingerprint density at radius 2 is 2.08 bits per heavy atom. The van der Waals surface area contributed by atoms with Crippen molar-refractivity contribution < 1.29 is 4.79 Å². The van der Waals surface area contributed by atoms with Crippen LogP contribution in [-0.4, -0.2) is 39.2 Å². The Morgan fingerprint density at radius 3 is 2.81 bits per heavy atom. The van der Waals surface area contributed by atoms with E-state index in [0.717, 1.165) is 12.8 Å². The van der Waals surface area contributed by atoms with Crippen molar-refractivity contribution in [3.63, 3.8) is 0 Å². The lowest BCUT2D eigenvalue weighted by Crippen LogP contribution is -2.39. The number of amides is 1. The van der Waals surface area contributed by atoms with Crippen molar-refractivity contribution in [3.8, 4) is 0 Å². The molecule has 0 aliphatic heterocycles. The van der Waals surface area contributed by atoms with Gasteiger partial charge in [0.05, 0.1) is 16.7 Å². The molecule has 1 aliphatic carbocycles. The molecule has 0 bridgehead atoms.